The summed E-state index contributed by atoms with van der Waals surface area (Å²) >= 11 is 1.43. The van der Waals surface area contributed by atoms with Crippen LogP contribution in [0.5, 0.6) is 0 Å². The predicted molar refractivity (Wildman–Crippen MR) is 46.8 cm³/mol. The average Bonchev–Trinajstić information content (AvgIpc) is 2.52. The number of carbonyl (C=O) groups is 1. The molecule has 0 bridgehead atoms. The van der Waals surface area contributed by atoms with Crippen molar-refractivity contribution < 1.29 is 4.79 Å². The van der Waals surface area contributed by atoms with Gasteiger partial charge in [-0.15, -0.1) is 0 Å². The maximum atomic E-state index is 10.4. The van der Waals surface area contributed by atoms with Gasteiger partial charge in [-0.1, -0.05) is 11.8 Å². The number of nitriles is 1. The fourth-order valence-corrected chi connectivity index (χ4v) is 1.41. The van der Waals surface area contributed by atoms with Crippen LogP contribution in [0.4, 0.5) is 0 Å². The van der Waals surface area contributed by atoms with E-state index in [1.807, 2.05) is 6.07 Å². The van der Waals surface area contributed by atoms with Crippen molar-refractivity contribution in [2.45, 2.75) is 6.42 Å². The summed E-state index contributed by atoms with van der Waals surface area (Å²) in [6.07, 6.45) is 0.973. The van der Waals surface area contributed by atoms with E-state index in [9.17, 15) is 4.79 Å². The summed E-state index contributed by atoms with van der Waals surface area (Å²) in [7, 11) is 0. The van der Waals surface area contributed by atoms with Crippen LogP contribution >= 0.6 is 11.3 Å². The van der Waals surface area contributed by atoms with Crippen molar-refractivity contribution >= 4 is 17.6 Å². The van der Waals surface area contributed by atoms with E-state index < -0.39 is 0 Å². The number of thiophene rings is 1. The van der Waals surface area contributed by atoms with Crippen molar-refractivity contribution in [2.75, 3.05) is 0 Å². The highest BCUT2D eigenvalue weighted by atomic mass is 32.1. The van der Waals surface area contributed by atoms with E-state index in [0.717, 1.165) is 6.29 Å². The van der Waals surface area contributed by atoms with Gasteiger partial charge in [-0.3, -0.25) is 4.79 Å². The third-order valence-electron chi connectivity index (χ3n) is 1.21. The molecule has 3 heteroatoms. The smallest absolute Gasteiger partial charge is 0.152 e. The van der Waals surface area contributed by atoms with Crippen LogP contribution in [0.1, 0.15) is 22.3 Å². The fraction of sp³-hybridized carbons (Fsp3) is 0.111. The molecule has 0 unspecified atom stereocenters. The zero-order valence-electron chi connectivity index (χ0n) is 6.20. The molecule has 0 fully saturated rings. The van der Waals surface area contributed by atoms with Crippen molar-refractivity contribution in [2.24, 2.45) is 0 Å². The average molecular weight is 175 g/mol. The Labute approximate surface area is 74.4 Å². The lowest BCUT2D eigenvalue weighted by Crippen LogP contribution is -1.78. The molecule has 0 aliphatic carbocycles. The Morgan fingerprint density at radius 2 is 2.42 bits per heavy atom. The Kier molecular flexibility index (Phi) is 3.07. The zero-order valence-corrected chi connectivity index (χ0v) is 7.02. The number of carbonyl (C=O) groups excluding carboxylic acids is 1. The molecule has 1 aromatic heterocycles. The molecule has 58 valence electrons. The Morgan fingerprint density at radius 3 is 3.08 bits per heavy atom. The summed E-state index contributed by atoms with van der Waals surface area (Å²) in [6, 6.07) is 1.91. The summed E-state index contributed by atoms with van der Waals surface area (Å²) in [5.74, 6) is 5.40. The second-order valence-electron chi connectivity index (χ2n) is 2.00. The predicted octanol–water partition coefficient (Wildman–Crippen LogP) is 1.83. The maximum absolute atomic E-state index is 10.4. The van der Waals surface area contributed by atoms with Gasteiger partial charge in [0.15, 0.2) is 6.29 Å². The quantitative estimate of drug-likeness (QED) is 0.482. The van der Waals surface area contributed by atoms with E-state index in [4.69, 9.17) is 5.26 Å². The molecule has 1 aromatic rings. The Balaban J connectivity index is 2.84. The number of hydrogen-bond donors (Lipinski definition) is 0. The van der Waals surface area contributed by atoms with Gasteiger partial charge in [0.25, 0.3) is 0 Å². The van der Waals surface area contributed by atoms with E-state index in [1.54, 1.807) is 10.8 Å². The molecular formula is C9H5NOS. The molecule has 0 N–H and O–H groups in total. The van der Waals surface area contributed by atoms with Gasteiger partial charge in [0.2, 0.25) is 0 Å². The molecule has 0 aliphatic rings. The molecule has 1 rings (SSSR count). The lowest BCUT2D eigenvalue weighted by atomic mass is 10.2. The normalized spacial score (nSPS) is 7.92. The van der Waals surface area contributed by atoms with E-state index in [-0.39, 0.29) is 6.42 Å². The van der Waals surface area contributed by atoms with Crippen LogP contribution < -0.4 is 0 Å². The number of hydrogen-bond acceptors (Lipinski definition) is 3. The molecule has 2 nitrogen and oxygen atoms in total. The van der Waals surface area contributed by atoms with Crippen LogP contribution in [0.15, 0.2) is 10.8 Å². The largest absolute Gasteiger partial charge is 0.298 e. The highest BCUT2D eigenvalue weighted by Crippen LogP contribution is 2.10. The van der Waals surface area contributed by atoms with Gasteiger partial charge in [0, 0.05) is 21.9 Å². The van der Waals surface area contributed by atoms with Gasteiger partial charge >= 0.3 is 0 Å². The monoisotopic (exact) mass is 175 g/mol. The zero-order chi connectivity index (χ0) is 8.81. The van der Waals surface area contributed by atoms with Crippen molar-refractivity contribution in [3.63, 3.8) is 0 Å². The van der Waals surface area contributed by atoms with Gasteiger partial charge in [0.1, 0.15) is 0 Å². The molecule has 0 spiro atoms. The molecule has 0 saturated heterocycles. The minimum Gasteiger partial charge on any atom is -0.298 e. The van der Waals surface area contributed by atoms with Crippen molar-refractivity contribution in [3.8, 4) is 17.9 Å². The van der Waals surface area contributed by atoms with Crippen molar-refractivity contribution in [3.05, 3.63) is 21.9 Å². The molecule has 0 radical (unpaired) electrons. The SMILES string of the molecule is N#CCC#Cc1cscc1C=O. The van der Waals surface area contributed by atoms with Gasteiger partial charge < -0.3 is 0 Å². The Hall–Kier alpha value is -1.58. The minimum atomic E-state index is 0.203. The van der Waals surface area contributed by atoms with Crippen LogP contribution in [0.2, 0.25) is 0 Å². The molecule has 0 aromatic carbocycles. The van der Waals surface area contributed by atoms with Crippen LogP contribution in [0.3, 0.4) is 0 Å². The second-order valence-corrected chi connectivity index (χ2v) is 2.74. The van der Waals surface area contributed by atoms with E-state index in [1.165, 1.54) is 11.3 Å². The third kappa shape index (κ3) is 1.95. The summed E-state index contributed by atoms with van der Waals surface area (Å²) in [4.78, 5) is 10.4. The molecule has 0 aliphatic heterocycles. The van der Waals surface area contributed by atoms with Crippen LogP contribution in [0.25, 0.3) is 0 Å². The van der Waals surface area contributed by atoms with Crippen LogP contribution in [-0.4, -0.2) is 6.29 Å². The van der Waals surface area contributed by atoms with Gasteiger partial charge in [-0.05, 0) is 0 Å². The van der Waals surface area contributed by atoms with Gasteiger partial charge in [-0.25, -0.2) is 0 Å². The molecule has 0 amide bonds. The standard InChI is InChI=1S/C9H5NOS/c10-4-2-1-3-8-6-12-7-9(8)5-11/h5-7H,2H2. The van der Waals surface area contributed by atoms with Crippen LogP contribution in [0, 0.1) is 23.2 Å². The fourth-order valence-electron chi connectivity index (χ4n) is 0.679. The molecule has 12 heavy (non-hydrogen) atoms. The van der Waals surface area contributed by atoms with Gasteiger partial charge in [-0.2, -0.15) is 16.6 Å². The number of nitrogens with zero attached hydrogens (tertiary/aromatic N) is 1. The molecule has 0 saturated carbocycles. The summed E-state index contributed by atoms with van der Waals surface area (Å²) < 4.78 is 0. The summed E-state index contributed by atoms with van der Waals surface area (Å²) in [6.45, 7) is 0. The highest BCUT2D eigenvalue weighted by molar-refractivity contribution is 7.08. The molecular weight excluding hydrogens is 170 g/mol. The number of aldehydes is 1. The Morgan fingerprint density at radius 1 is 1.58 bits per heavy atom. The second kappa shape index (κ2) is 4.33. The van der Waals surface area contributed by atoms with Crippen LogP contribution in [-0.2, 0) is 0 Å². The first-order valence-electron chi connectivity index (χ1n) is 3.25. The maximum Gasteiger partial charge on any atom is 0.152 e. The lowest BCUT2D eigenvalue weighted by molar-refractivity contribution is 0.112. The van der Waals surface area contributed by atoms with E-state index in [0.29, 0.717) is 11.1 Å². The summed E-state index contributed by atoms with van der Waals surface area (Å²) in [5.41, 5.74) is 1.32. The molecule has 0 atom stereocenters. The molecule has 1 heterocycles. The first-order chi connectivity index (χ1) is 5.88. The summed E-state index contributed by atoms with van der Waals surface area (Å²) in [5, 5.41) is 11.7. The van der Waals surface area contributed by atoms with Gasteiger partial charge in [0.05, 0.1) is 12.5 Å². The third-order valence-corrected chi connectivity index (χ3v) is 1.97. The first-order valence-corrected chi connectivity index (χ1v) is 4.20. The van der Waals surface area contributed by atoms with E-state index >= 15 is 0 Å². The van der Waals surface area contributed by atoms with Crippen molar-refractivity contribution in [1.29, 1.82) is 5.26 Å². The van der Waals surface area contributed by atoms with Crippen molar-refractivity contribution in [1.82, 2.24) is 0 Å². The number of rotatable bonds is 1. The minimum absolute atomic E-state index is 0.203. The topological polar surface area (TPSA) is 40.9 Å². The Bertz CT molecular complexity index is 375. The lowest BCUT2D eigenvalue weighted by Gasteiger charge is -1.81. The van der Waals surface area contributed by atoms with E-state index in [2.05, 4.69) is 11.8 Å². The first kappa shape index (κ1) is 8.52. The highest BCUT2D eigenvalue weighted by Gasteiger charge is 1.97.